The van der Waals surface area contributed by atoms with Crippen LogP contribution in [0, 0.1) is 12.7 Å². The van der Waals surface area contributed by atoms with E-state index in [4.69, 9.17) is 4.98 Å². The Morgan fingerprint density at radius 2 is 1.97 bits per heavy atom. The second-order valence-corrected chi connectivity index (χ2v) is 9.08. The number of rotatable bonds is 4. The molecular weight excluding hydrogens is 439 g/mol. The third kappa shape index (κ3) is 4.09. The summed E-state index contributed by atoms with van der Waals surface area (Å²) in [4.78, 5) is 32.6. The van der Waals surface area contributed by atoms with Gasteiger partial charge in [-0.1, -0.05) is 12.1 Å². The molecule has 0 spiro atoms. The first-order valence-corrected chi connectivity index (χ1v) is 11.6. The van der Waals surface area contributed by atoms with Gasteiger partial charge in [0.25, 0.3) is 11.5 Å². The van der Waals surface area contributed by atoms with Crippen LogP contribution in [0.25, 0.3) is 15.9 Å². The van der Waals surface area contributed by atoms with E-state index in [1.807, 2.05) is 6.92 Å². The summed E-state index contributed by atoms with van der Waals surface area (Å²) in [6.07, 6.45) is 5.56. The van der Waals surface area contributed by atoms with Crippen LogP contribution in [0.4, 0.5) is 4.39 Å². The van der Waals surface area contributed by atoms with E-state index in [1.165, 1.54) is 23.2 Å². The van der Waals surface area contributed by atoms with Crippen LogP contribution in [0.3, 0.4) is 0 Å². The average molecular weight is 461 g/mol. The minimum atomic E-state index is -0.404. The van der Waals surface area contributed by atoms with Gasteiger partial charge < -0.3 is 0 Å². The maximum absolute atomic E-state index is 13.4. The van der Waals surface area contributed by atoms with Crippen molar-refractivity contribution in [2.75, 3.05) is 0 Å². The van der Waals surface area contributed by atoms with Gasteiger partial charge in [0.05, 0.1) is 17.3 Å². The molecule has 0 bridgehead atoms. The lowest BCUT2D eigenvalue weighted by Crippen LogP contribution is -2.23. The summed E-state index contributed by atoms with van der Waals surface area (Å²) in [6.45, 7) is 1.82. The number of carbonyl (C=O) groups excluding carboxylic acids is 1. The molecule has 1 aliphatic carbocycles. The molecule has 33 heavy (non-hydrogen) atoms. The molecular formula is C25H21FN4O2S. The number of nitrogens with one attached hydrogen (secondary N) is 1. The van der Waals surface area contributed by atoms with E-state index in [0.29, 0.717) is 22.6 Å². The van der Waals surface area contributed by atoms with Gasteiger partial charge in [0.2, 0.25) is 0 Å². The molecule has 0 fully saturated rings. The van der Waals surface area contributed by atoms with Crippen LogP contribution in [0.15, 0.2) is 58.4 Å². The van der Waals surface area contributed by atoms with Gasteiger partial charge in [0.1, 0.15) is 16.5 Å². The Kier molecular flexibility index (Phi) is 5.60. The van der Waals surface area contributed by atoms with E-state index in [1.54, 1.807) is 52.3 Å². The summed E-state index contributed by atoms with van der Waals surface area (Å²) in [6, 6.07) is 12.6. The number of aromatic nitrogens is 2. The molecule has 0 atom stereocenters. The van der Waals surface area contributed by atoms with Crippen molar-refractivity contribution in [1.82, 2.24) is 15.0 Å². The number of carbonyl (C=O) groups is 1. The second kappa shape index (κ2) is 8.71. The SMILES string of the molecule is Cc1nc2sc3c(c2c(=O)n1-c1ccc(C(=O)N/N=C\c2cccc(F)c2)cc1)CCCC3. The fraction of sp³-hybridized carbons (Fsp3) is 0.200. The minimum absolute atomic E-state index is 0.0613. The Hall–Kier alpha value is -3.65. The van der Waals surface area contributed by atoms with Gasteiger partial charge in [0, 0.05) is 10.4 Å². The summed E-state index contributed by atoms with van der Waals surface area (Å²) >= 11 is 1.63. The predicted octanol–water partition coefficient (Wildman–Crippen LogP) is 4.54. The van der Waals surface area contributed by atoms with E-state index < -0.39 is 5.91 Å². The predicted molar refractivity (Wildman–Crippen MR) is 128 cm³/mol. The van der Waals surface area contributed by atoms with Gasteiger partial charge in [-0.15, -0.1) is 11.3 Å². The highest BCUT2D eigenvalue weighted by Crippen LogP contribution is 2.34. The molecule has 4 aromatic rings. The molecule has 1 amide bonds. The van der Waals surface area contributed by atoms with Crippen molar-refractivity contribution >= 4 is 33.7 Å². The highest BCUT2D eigenvalue weighted by Gasteiger charge is 2.21. The molecule has 0 saturated carbocycles. The van der Waals surface area contributed by atoms with Crippen LogP contribution in [0.1, 0.15) is 45.0 Å². The second-order valence-electron chi connectivity index (χ2n) is 7.99. The Morgan fingerprint density at radius 1 is 1.18 bits per heavy atom. The Morgan fingerprint density at radius 3 is 2.76 bits per heavy atom. The van der Waals surface area contributed by atoms with E-state index in [9.17, 15) is 14.0 Å². The van der Waals surface area contributed by atoms with E-state index in [-0.39, 0.29) is 11.4 Å². The van der Waals surface area contributed by atoms with Crippen LogP contribution >= 0.6 is 11.3 Å². The van der Waals surface area contributed by atoms with Gasteiger partial charge >= 0.3 is 0 Å². The van der Waals surface area contributed by atoms with Crippen LogP contribution in [0.5, 0.6) is 0 Å². The topological polar surface area (TPSA) is 76.3 Å². The number of hydrazone groups is 1. The summed E-state index contributed by atoms with van der Waals surface area (Å²) in [5.41, 5.74) is 5.11. The molecule has 0 saturated heterocycles. The number of benzene rings is 2. The highest BCUT2D eigenvalue weighted by atomic mass is 32.1. The van der Waals surface area contributed by atoms with E-state index >= 15 is 0 Å². The molecule has 6 nitrogen and oxygen atoms in total. The first-order valence-electron chi connectivity index (χ1n) is 10.7. The average Bonchev–Trinajstić information content (AvgIpc) is 3.18. The van der Waals surface area contributed by atoms with Crippen molar-refractivity contribution in [3.63, 3.8) is 0 Å². The largest absolute Gasteiger partial charge is 0.271 e. The van der Waals surface area contributed by atoms with Crippen LogP contribution in [-0.4, -0.2) is 21.7 Å². The lowest BCUT2D eigenvalue weighted by Gasteiger charge is -2.12. The first kappa shape index (κ1) is 21.2. The van der Waals surface area contributed by atoms with Crippen LogP contribution in [-0.2, 0) is 12.8 Å². The zero-order valence-electron chi connectivity index (χ0n) is 18.0. The van der Waals surface area contributed by atoms with Crippen molar-refractivity contribution in [2.24, 2.45) is 5.10 Å². The Bertz CT molecular complexity index is 1450. The van der Waals surface area contributed by atoms with Crippen molar-refractivity contribution in [3.8, 4) is 5.69 Å². The Balaban J connectivity index is 1.40. The van der Waals surface area contributed by atoms with Gasteiger partial charge in [-0.2, -0.15) is 5.10 Å². The van der Waals surface area contributed by atoms with E-state index in [0.717, 1.165) is 41.5 Å². The number of halogens is 1. The molecule has 166 valence electrons. The fourth-order valence-electron chi connectivity index (χ4n) is 4.19. The maximum atomic E-state index is 13.4. The molecule has 0 unspecified atom stereocenters. The van der Waals surface area contributed by atoms with Gasteiger partial charge in [0.15, 0.2) is 0 Å². The molecule has 2 heterocycles. The molecule has 8 heteroatoms. The highest BCUT2D eigenvalue weighted by molar-refractivity contribution is 7.18. The number of aryl methyl sites for hydroxylation is 3. The zero-order chi connectivity index (χ0) is 22.9. The van der Waals surface area contributed by atoms with Gasteiger partial charge in [-0.25, -0.2) is 14.8 Å². The van der Waals surface area contributed by atoms with E-state index in [2.05, 4.69) is 10.5 Å². The zero-order valence-corrected chi connectivity index (χ0v) is 18.8. The standard InChI is InChI=1S/C25H21FN4O2S/c1-15-28-24-22(20-7-2-3-8-21(20)33-24)25(32)30(15)19-11-9-17(10-12-19)23(31)29-27-14-16-5-4-6-18(26)13-16/h4-6,9-14H,2-3,7-8H2,1H3,(H,29,31)/b27-14-. The number of hydrogen-bond donors (Lipinski definition) is 1. The fourth-order valence-corrected chi connectivity index (χ4v) is 5.49. The molecule has 2 aromatic heterocycles. The minimum Gasteiger partial charge on any atom is -0.268 e. The van der Waals surface area contributed by atoms with Gasteiger partial charge in [-0.05, 0) is 80.1 Å². The third-order valence-electron chi connectivity index (χ3n) is 5.77. The molecule has 0 aliphatic heterocycles. The lowest BCUT2D eigenvalue weighted by atomic mass is 9.97. The quantitative estimate of drug-likeness (QED) is 0.359. The first-order chi connectivity index (χ1) is 16.0. The summed E-state index contributed by atoms with van der Waals surface area (Å²) in [5.74, 6) is -0.163. The molecule has 1 N–H and O–H groups in total. The normalized spacial score (nSPS) is 13.4. The molecule has 0 radical (unpaired) electrons. The monoisotopic (exact) mass is 460 g/mol. The number of hydrogen-bond acceptors (Lipinski definition) is 5. The number of amides is 1. The summed E-state index contributed by atoms with van der Waals surface area (Å²) < 4.78 is 14.8. The Labute approximate surface area is 193 Å². The van der Waals surface area contributed by atoms with Crippen LogP contribution in [0.2, 0.25) is 0 Å². The number of thiophene rings is 1. The number of nitrogens with zero attached hydrogens (tertiary/aromatic N) is 3. The van der Waals surface area contributed by atoms with Crippen molar-refractivity contribution in [1.29, 1.82) is 0 Å². The van der Waals surface area contributed by atoms with Crippen molar-refractivity contribution < 1.29 is 9.18 Å². The smallest absolute Gasteiger partial charge is 0.268 e. The number of fused-ring (bicyclic) bond motifs is 3. The lowest BCUT2D eigenvalue weighted by molar-refractivity contribution is 0.0955. The van der Waals surface area contributed by atoms with Crippen molar-refractivity contribution in [3.05, 3.63) is 92.1 Å². The summed E-state index contributed by atoms with van der Waals surface area (Å²) in [5, 5.41) is 4.61. The molecule has 2 aromatic carbocycles. The van der Waals surface area contributed by atoms with Crippen molar-refractivity contribution in [2.45, 2.75) is 32.6 Å². The molecule has 1 aliphatic rings. The molecule has 5 rings (SSSR count). The van der Waals surface area contributed by atoms with Crippen LogP contribution < -0.4 is 11.0 Å². The third-order valence-corrected chi connectivity index (χ3v) is 6.96. The van der Waals surface area contributed by atoms with Gasteiger partial charge in [-0.3, -0.25) is 14.2 Å². The maximum Gasteiger partial charge on any atom is 0.271 e. The summed E-state index contributed by atoms with van der Waals surface area (Å²) in [7, 11) is 0.